The van der Waals surface area contributed by atoms with Crippen LogP contribution in [0.2, 0.25) is 0 Å². The molecule has 1 atom stereocenters. The number of H-pyrrole nitrogens is 1. The Balaban J connectivity index is 1.86. The molecule has 3 aromatic rings. The van der Waals surface area contributed by atoms with Crippen LogP contribution < -0.4 is 4.74 Å². The van der Waals surface area contributed by atoms with E-state index in [1.54, 1.807) is 18.5 Å². The van der Waals surface area contributed by atoms with Gasteiger partial charge in [0.05, 0.1) is 29.4 Å². The van der Waals surface area contributed by atoms with Crippen molar-refractivity contribution in [3.05, 3.63) is 54.4 Å². The summed E-state index contributed by atoms with van der Waals surface area (Å²) in [6.45, 7) is 7.58. The topological polar surface area (TPSA) is 102 Å². The molecule has 0 amide bonds. The van der Waals surface area contributed by atoms with Crippen molar-refractivity contribution in [1.82, 2.24) is 14.3 Å². The quantitative estimate of drug-likeness (QED) is 0.469. The summed E-state index contributed by atoms with van der Waals surface area (Å²) in [6, 6.07) is 11.9. The summed E-state index contributed by atoms with van der Waals surface area (Å²) in [5.41, 5.74) is 1.86. The lowest BCUT2D eigenvalue weighted by molar-refractivity contribution is -0.155. The van der Waals surface area contributed by atoms with Gasteiger partial charge in [0, 0.05) is 19.5 Å². The highest BCUT2D eigenvalue weighted by Crippen LogP contribution is 2.24. The van der Waals surface area contributed by atoms with Crippen LogP contribution in [0.4, 0.5) is 0 Å². The summed E-state index contributed by atoms with van der Waals surface area (Å²) < 4.78 is 39.1. The maximum absolute atomic E-state index is 13.5. The number of esters is 1. The number of ether oxygens (including phenoxy) is 2. The van der Waals surface area contributed by atoms with Gasteiger partial charge >= 0.3 is 5.97 Å². The van der Waals surface area contributed by atoms with E-state index in [9.17, 15) is 13.2 Å². The number of imidazole rings is 1. The van der Waals surface area contributed by atoms with E-state index in [-0.39, 0.29) is 36.3 Å². The molecule has 9 heteroatoms. The van der Waals surface area contributed by atoms with E-state index in [2.05, 4.69) is 9.97 Å². The molecule has 1 N–H and O–H groups in total. The average Bonchev–Trinajstić information content (AvgIpc) is 3.19. The van der Waals surface area contributed by atoms with Crippen LogP contribution in [0.25, 0.3) is 11.0 Å². The molecule has 8 nitrogen and oxygen atoms in total. The second kappa shape index (κ2) is 9.93. The Bertz CT molecular complexity index is 1200. The molecule has 0 bridgehead atoms. The minimum absolute atomic E-state index is 0.117. The summed E-state index contributed by atoms with van der Waals surface area (Å²) in [5.74, 6) is -0.0251. The molecule has 0 saturated heterocycles. The number of methoxy groups -OCH3 is 1. The van der Waals surface area contributed by atoms with E-state index >= 15 is 0 Å². The van der Waals surface area contributed by atoms with Gasteiger partial charge in [-0.15, -0.1) is 0 Å². The van der Waals surface area contributed by atoms with Crippen molar-refractivity contribution in [2.75, 3.05) is 13.7 Å². The Morgan fingerprint density at radius 2 is 1.85 bits per heavy atom. The van der Waals surface area contributed by atoms with Crippen LogP contribution in [0, 0.1) is 5.92 Å². The Morgan fingerprint density at radius 3 is 2.48 bits per heavy atom. The van der Waals surface area contributed by atoms with Crippen LogP contribution in [0.15, 0.2) is 53.7 Å². The van der Waals surface area contributed by atoms with Crippen molar-refractivity contribution >= 4 is 27.0 Å². The number of nitrogens with one attached hydrogen (secondary N) is 1. The van der Waals surface area contributed by atoms with Gasteiger partial charge in [-0.05, 0) is 68.7 Å². The molecule has 0 radical (unpaired) electrons. The molecule has 0 aliphatic rings. The average molecular weight is 474 g/mol. The molecule has 1 heterocycles. The van der Waals surface area contributed by atoms with E-state index < -0.39 is 15.6 Å². The fourth-order valence-corrected chi connectivity index (χ4v) is 5.06. The summed E-state index contributed by atoms with van der Waals surface area (Å²) in [6.07, 6.45) is 1.72. The smallest absolute Gasteiger partial charge is 0.306 e. The van der Waals surface area contributed by atoms with Gasteiger partial charge in [0.2, 0.25) is 10.0 Å². The zero-order valence-electron chi connectivity index (χ0n) is 19.7. The fourth-order valence-electron chi connectivity index (χ4n) is 3.51. The number of aromatic amines is 1. The lowest BCUT2D eigenvalue weighted by atomic mass is 10.1. The van der Waals surface area contributed by atoms with Gasteiger partial charge in [-0.3, -0.25) is 4.79 Å². The van der Waals surface area contributed by atoms with Gasteiger partial charge in [0.1, 0.15) is 11.4 Å². The third-order valence-corrected chi connectivity index (χ3v) is 6.82. The van der Waals surface area contributed by atoms with Crippen molar-refractivity contribution in [1.29, 1.82) is 0 Å². The van der Waals surface area contributed by atoms with Crippen molar-refractivity contribution in [2.45, 2.75) is 51.2 Å². The van der Waals surface area contributed by atoms with Crippen molar-refractivity contribution in [2.24, 2.45) is 5.92 Å². The largest absolute Gasteiger partial charge is 0.497 e. The van der Waals surface area contributed by atoms with Gasteiger partial charge < -0.3 is 14.5 Å². The van der Waals surface area contributed by atoms with Crippen molar-refractivity contribution in [3.8, 4) is 5.75 Å². The van der Waals surface area contributed by atoms with Crippen LogP contribution in [-0.4, -0.2) is 47.9 Å². The van der Waals surface area contributed by atoms with E-state index in [1.807, 2.05) is 45.9 Å². The summed E-state index contributed by atoms with van der Waals surface area (Å²) in [5, 5.41) is 0. The zero-order chi connectivity index (χ0) is 24.2. The summed E-state index contributed by atoms with van der Waals surface area (Å²) >= 11 is 0. The SMILES string of the molecule is COc1ccc(S(=O)(=O)N(Cc2ccc3nc[nH]c3c2)CC(C)CC(=O)OC(C)(C)C)cc1. The molecule has 0 saturated carbocycles. The number of sulfonamides is 1. The van der Waals surface area contributed by atoms with E-state index in [4.69, 9.17) is 9.47 Å². The number of fused-ring (bicyclic) bond motifs is 1. The highest BCUT2D eigenvalue weighted by Gasteiger charge is 2.28. The number of carbonyl (C=O) groups is 1. The maximum atomic E-state index is 13.5. The minimum atomic E-state index is -3.83. The first kappa shape index (κ1) is 24.7. The van der Waals surface area contributed by atoms with Crippen LogP contribution >= 0.6 is 0 Å². The minimum Gasteiger partial charge on any atom is -0.497 e. The molecule has 1 unspecified atom stereocenters. The first-order valence-corrected chi connectivity index (χ1v) is 12.2. The third-order valence-electron chi connectivity index (χ3n) is 4.99. The van der Waals surface area contributed by atoms with Gasteiger partial charge in [-0.2, -0.15) is 4.31 Å². The van der Waals surface area contributed by atoms with E-state index in [1.165, 1.54) is 23.5 Å². The second-order valence-electron chi connectivity index (χ2n) is 9.12. The van der Waals surface area contributed by atoms with Crippen molar-refractivity contribution in [3.63, 3.8) is 0 Å². The van der Waals surface area contributed by atoms with E-state index in [0.717, 1.165) is 16.6 Å². The molecule has 0 aliphatic heterocycles. The monoisotopic (exact) mass is 473 g/mol. The fraction of sp³-hybridized carbons (Fsp3) is 0.417. The molecule has 0 spiro atoms. The molecule has 2 aromatic carbocycles. The number of carbonyl (C=O) groups excluding carboxylic acids is 1. The van der Waals surface area contributed by atoms with Gasteiger partial charge in [-0.25, -0.2) is 13.4 Å². The molecule has 1 aromatic heterocycles. The van der Waals surface area contributed by atoms with E-state index in [0.29, 0.717) is 5.75 Å². The van der Waals surface area contributed by atoms with Crippen LogP contribution in [0.5, 0.6) is 5.75 Å². The first-order chi connectivity index (χ1) is 15.5. The predicted octanol–water partition coefficient (Wildman–Crippen LogP) is 4.13. The molecule has 33 heavy (non-hydrogen) atoms. The number of hydrogen-bond acceptors (Lipinski definition) is 6. The Labute approximate surface area is 195 Å². The Morgan fingerprint density at radius 1 is 1.15 bits per heavy atom. The Kier molecular flexibility index (Phi) is 7.44. The molecule has 178 valence electrons. The molecule has 0 aliphatic carbocycles. The first-order valence-electron chi connectivity index (χ1n) is 10.8. The second-order valence-corrected chi connectivity index (χ2v) is 11.1. The van der Waals surface area contributed by atoms with Crippen LogP contribution in [0.3, 0.4) is 0 Å². The standard InChI is InChI=1S/C24H31N3O5S/c1-17(12-23(28)32-24(2,3)4)14-27(15-18-6-11-21-22(13-18)26-16-25-21)33(29,30)20-9-7-19(31-5)8-10-20/h6-11,13,16-17H,12,14-15H2,1-5H3,(H,25,26). The highest BCUT2D eigenvalue weighted by atomic mass is 32.2. The van der Waals surface area contributed by atoms with Gasteiger partial charge in [0.25, 0.3) is 0 Å². The van der Waals surface area contributed by atoms with Gasteiger partial charge in [0.15, 0.2) is 0 Å². The molecular weight excluding hydrogens is 442 g/mol. The number of nitrogens with zero attached hydrogens (tertiary/aromatic N) is 2. The zero-order valence-corrected chi connectivity index (χ0v) is 20.5. The van der Waals surface area contributed by atoms with Crippen LogP contribution in [0.1, 0.15) is 39.7 Å². The number of hydrogen-bond donors (Lipinski definition) is 1. The predicted molar refractivity (Wildman–Crippen MR) is 126 cm³/mol. The number of benzene rings is 2. The third kappa shape index (κ3) is 6.55. The lowest BCUT2D eigenvalue weighted by Gasteiger charge is -2.26. The van der Waals surface area contributed by atoms with Crippen LogP contribution in [-0.2, 0) is 26.1 Å². The molecular formula is C24H31N3O5S. The molecule has 0 fully saturated rings. The molecule has 3 rings (SSSR count). The summed E-state index contributed by atoms with van der Waals surface area (Å²) in [4.78, 5) is 19.7. The summed E-state index contributed by atoms with van der Waals surface area (Å²) in [7, 11) is -2.30. The maximum Gasteiger partial charge on any atom is 0.306 e. The lowest BCUT2D eigenvalue weighted by Crippen LogP contribution is -2.35. The number of aromatic nitrogens is 2. The number of rotatable bonds is 9. The normalized spacial score (nSPS) is 13.3. The Hall–Kier alpha value is -2.91. The highest BCUT2D eigenvalue weighted by molar-refractivity contribution is 7.89. The van der Waals surface area contributed by atoms with Crippen molar-refractivity contribution < 1.29 is 22.7 Å². The van der Waals surface area contributed by atoms with Gasteiger partial charge in [-0.1, -0.05) is 13.0 Å².